The highest BCUT2D eigenvalue weighted by Crippen LogP contribution is 2.30. The molecule has 0 amide bonds. The van der Waals surface area contributed by atoms with Gasteiger partial charge in [-0.15, -0.1) is 0 Å². The number of halogens is 3. The van der Waals surface area contributed by atoms with Crippen LogP contribution in [-0.4, -0.2) is 18.7 Å². The molecule has 0 bridgehead atoms. The molecule has 1 saturated heterocycles. The number of ether oxygens (including phenoxy) is 2. The Hall–Kier alpha value is -2.18. The largest absolute Gasteiger partial charge is 0.416 e. The second kappa shape index (κ2) is 8.01. The van der Waals surface area contributed by atoms with Crippen LogP contribution in [0.2, 0.25) is 0 Å². The van der Waals surface area contributed by atoms with E-state index in [1.807, 2.05) is 0 Å². The Kier molecular flexibility index (Phi) is 5.74. The quantitative estimate of drug-likeness (QED) is 0.702. The Morgan fingerprint density at radius 3 is 2.65 bits per heavy atom. The number of benzene rings is 2. The standard InChI is InChI=1S/C20H19F3O3/c21-20(22,23)16-8-5-7-14(12-16)19(24)17-9-2-1-6-15(17)13-26-18-10-3-4-11-25-18/h1-2,5-9,12,18H,3-4,10-11,13H2. The average Bonchev–Trinajstić information content (AvgIpc) is 2.66. The number of carbonyl (C=O) groups is 1. The normalized spacial score (nSPS) is 17.9. The monoisotopic (exact) mass is 364 g/mol. The van der Waals surface area contributed by atoms with Gasteiger partial charge < -0.3 is 9.47 Å². The molecule has 2 aromatic carbocycles. The van der Waals surface area contributed by atoms with Crippen LogP contribution in [-0.2, 0) is 22.3 Å². The highest BCUT2D eigenvalue weighted by molar-refractivity contribution is 6.10. The summed E-state index contributed by atoms with van der Waals surface area (Å²) in [6, 6.07) is 11.2. The lowest BCUT2D eigenvalue weighted by Gasteiger charge is -2.23. The summed E-state index contributed by atoms with van der Waals surface area (Å²) in [5.74, 6) is -0.458. The second-order valence-electron chi connectivity index (χ2n) is 6.17. The SMILES string of the molecule is O=C(c1cccc(C(F)(F)F)c1)c1ccccc1COC1CCCCO1. The molecule has 0 N–H and O–H groups in total. The van der Waals surface area contributed by atoms with Crippen molar-refractivity contribution in [2.75, 3.05) is 6.61 Å². The highest BCUT2D eigenvalue weighted by Gasteiger charge is 2.31. The summed E-state index contributed by atoms with van der Waals surface area (Å²) < 4.78 is 49.9. The maximum absolute atomic E-state index is 12.9. The van der Waals surface area contributed by atoms with E-state index in [-0.39, 0.29) is 18.5 Å². The van der Waals surface area contributed by atoms with Gasteiger partial charge in [-0.05, 0) is 37.0 Å². The zero-order valence-corrected chi connectivity index (χ0v) is 14.1. The van der Waals surface area contributed by atoms with E-state index in [4.69, 9.17) is 9.47 Å². The van der Waals surface area contributed by atoms with E-state index in [1.165, 1.54) is 12.1 Å². The van der Waals surface area contributed by atoms with Crippen molar-refractivity contribution in [3.8, 4) is 0 Å². The maximum Gasteiger partial charge on any atom is 0.416 e. The molecule has 1 aliphatic heterocycles. The molecule has 138 valence electrons. The topological polar surface area (TPSA) is 35.5 Å². The average molecular weight is 364 g/mol. The molecule has 2 aromatic rings. The molecule has 1 fully saturated rings. The molecule has 0 aromatic heterocycles. The number of hydrogen-bond donors (Lipinski definition) is 0. The fourth-order valence-electron chi connectivity index (χ4n) is 2.89. The van der Waals surface area contributed by atoms with Crippen molar-refractivity contribution >= 4 is 5.78 Å². The molecule has 3 rings (SSSR count). The Labute approximate surface area is 149 Å². The van der Waals surface area contributed by atoms with Crippen molar-refractivity contribution in [1.82, 2.24) is 0 Å². The van der Waals surface area contributed by atoms with Crippen molar-refractivity contribution in [2.24, 2.45) is 0 Å². The molecule has 0 radical (unpaired) electrons. The predicted octanol–water partition coefficient (Wildman–Crippen LogP) is 4.98. The maximum atomic E-state index is 12.9. The molecule has 1 aliphatic rings. The molecule has 3 nitrogen and oxygen atoms in total. The van der Waals surface area contributed by atoms with Crippen LogP contribution in [0.15, 0.2) is 48.5 Å². The van der Waals surface area contributed by atoms with Gasteiger partial charge in [0.2, 0.25) is 0 Å². The van der Waals surface area contributed by atoms with Gasteiger partial charge in [-0.3, -0.25) is 4.79 Å². The Morgan fingerprint density at radius 2 is 1.92 bits per heavy atom. The van der Waals surface area contributed by atoms with Crippen LogP contribution in [0, 0.1) is 0 Å². The Bertz CT molecular complexity index is 765. The molecular formula is C20H19F3O3. The van der Waals surface area contributed by atoms with Gasteiger partial charge in [0, 0.05) is 17.7 Å². The zero-order valence-electron chi connectivity index (χ0n) is 14.1. The van der Waals surface area contributed by atoms with Crippen LogP contribution in [0.25, 0.3) is 0 Å². The summed E-state index contributed by atoms with van der Waals surface area (Å²) >= 11 is 0. The van der Waals surface area contributed by atoms with E-state index < -0.39 is 17.5 Å². The first-order valence-electron chi connectivity index (χ1n) is 8.48. The van der Waals surface area contributed by atoms with Crippen LogP contribution in [0.3, 0.4) is 0 Å². The third kappa shape index (κ3) is 4.51. The molecule has 6 heteroatoms. The molecule has 0 spiro atoms. The summed E-state index contributed by atoms with van der Waals surface area (Å²) in [7, 11) is 0. The van der Waals surface area contributed by atoms with Gasteiger partial charge in [-0.25, -0.2) is 0 Å². The van der Waals surface area contributed by atoms with E-state index in [9.17, 15) is 18.0 Å². The van der Waals surface area contributed by atoms with Crippen LogP contribution < -0.4 is 0 Å². The summed E-state index contributed by atoms with van der Waals surface area (Å²) in [4.78, 5) is 12.7. The first kappa shape index (κ1) is 18.6. The van der Waals surface area contributed by atoms with Gasteiger partial charge in [0.25, 0.3) is 0 Å². The Balaban J connectivity index is 1.79. The van der Waals surface area contributed by atoms with Gasteiger partial charge in [-0.2, -0.15) is 13.2 Å². The summed E-state index contributed by atoms with van der Waals surface area (Å²) in [6.45, 7) is 0.820. The molecule has 1 heterocycles. The minimum atomic E-state index is -4.49. The second-order valence-corrected chi connectivity index (χ2v) is 6.17. The molecular weight excluding hydrogens is 345 g/mol. The van der Waals surface area contributed by atoms with Gasteiger partial charge >= 0.3 is 6.18 Å². The minimum absolute atomic E-state index is 0.00110. The molecule has 0 aliphatic carbocycles. The lowest BCUT2D eigenvalue weighted by molar-refractivity contribution is -0.168. The van der Waals surface area contributed by atoms with E-state index in [0.717, 1.165) is 31.4 Å². The smallest absolute Gasteiger partial charge is 0.353 e. The van der Waals surface area contributed by atoms with Crippen molar-refractivity contribution in [1.29, 1.82) is 0 Å². The first-order chi connectivity index (χ1) is 12.4. The number of ketones is 1. The van der Waals surface area contributed by atoms with Gasteiger partial charge in [0.1, 0.15) is 0 Å². The van der Waals surface area contributed by atoms with Crippen molar-refractivity contribution in [3.05, 3.63) is 70.8 Å². The lowest BCUT2D eigenvalue weighted by Crippen LogP contribution is -2.22. The third-order valence-electron chi connectivity index (χ3n) is 4.28. The van der Waals surface area contributed by atoms with Crippen molar-refractivity contribution in [3.63, 3.8) is 0 Å². The van der Waals surface area contributed by atoms with Crippen LogP contribution in [0.1, 0.15) is 46.3 Å². The van der Waals surface area contributed by atoms with Gasteiger partial charge in [0.15, 0.2) is 12.1 Å². The minimum Gasteiger partial charge on any atom is -0.353 e. The number of rotatable bonds is 5. The molecule has 0 saturated carbocycles. The summed E-state index contributed by atoms with van der Waals surface area (Å²) in [5.41, 5.74) is 0.126. The van der Waals surface area contributed by atoms with Crippen LogP contribution >= 0.6 is 0 Å². The molecule has 26 heavy (non-hydrogen) atoms. The summed E-state index contributed by atoms with van der Waals surface area (Å²) in [6.07, 6.45) is -1.97. The van der Waals surface area contributed by atoms with Crippen LogP contribution in [0.5, 0.6) is 0 Å². The van der Waals surface area contributed by atoms with Gasteiger partial charge in [-0.1, -0.05) is 36.4 Å². The number of carbonyl (C=O) groups excluding carboxylic acids is 1. The molecule has 1 unspecified atom stereocenters. The zero-order chi connectivity index (χ0) is 18.6. The predicted molar refractivity (Wildman–Crippen MR) is 89.7 cm³/mol. The van der Waals surface area contributed by atoms with E-state index in [2.05, 4.69) is 0 Å². The highest BCUT2D eigenvalue weighted by atomic mass is 19.4. The fraction of sp³-hybridized carbons (Fsp3) is 0.350. The number of hydrogen-bond acceptors (Lipinski definition) is 3. The van der Waals surface area contributed by atoms with E-state index in [0.29, 0.717) is 17.7 Å². The lowest BCUT2D eigenvalue weighted by atomic mass is 9.97. The van der Waals surface area contributed by atoms with Crippen molar-refractivity contribution in [2.45, 2.75) is 38.3 Å². The third-order valence-corrected chi connectivity index (χ3v) is 4.28. The fourth-order valence-corrected chi connectivity index (χ4v) is 2.89. The van der Waals surface area contributed by atoms with Crippen molar-refractivity contribution < 1.29 is 27.4 Å². The summed E-state index contributed by atoms with van der Waals surface area (Å²) in [5, 5.41) is 0. The number of alkyl halides is 3. The first-order valence-corrected chi connectivity index (χ1v) is 8.48. The Morgan fingerprint density at radius 1 is 1.12 bits per heavy atom. The van der Waals surface area contributed by atoms with Crippen LogP contribution in [0.4, 0.5) is 13.2 Å². The van der Waals surface area contributed by atoms with Gasteiger partial charge in [0.05, 0.1) is 12.2 Å². The van der Waals surface area contributed by atoms with E-state index >= 15 is 0 Å². The van der Waals surface area contributed by atoms with E-state index in [1.54, 1.807) is 24.3 Å². The molecule has 1 atom stereocenters.